The number of benzene rings is 1. The van der Waals surface area contributed by atoms with E-state index in [0.29, 0.717) is 24.1 Å². The highest BCUT2D eigenvalue weighted by Crippen LogP contribution is 2.27. The lowest BCUT2D eigenvalue weighted by atomic mass is 10.0. The quantitative estimate of drug-likeness (QED) is 0.637. The van der Waals surface area contributed by atoms with Crippen LogP contribution in [0.2, 0.25) is 0 Å². The number of H-pyrrole nitrogens is 2. The highest BCUT2D eigenvalue weighted by Gasteiger charge is 2.20. The first-order valence-corrected chi connectivity index (χ1v) is 6.80. The molecule has 0 radical (unpaired) electrons. The molecule has 1 amide bonds. The van der Waals surface area contributed by atoms with E-state index >= 15 is 0 Å². The van der Waals surface area contributed by atoms with Crippen molar-refractivity contribution in [2.75, 3.05) is 13.1 Å². The summed E-state index contributed by atoms with van der Waals surface area (Å²) >= 11 is 0. The minimum Gasteiger partial charge on any atom is -0.465 e. The predicted molar refractivity (Wildman–Crippen MR) is 81.8 cm³/mol. The molecular weight excluding hydrogens is 284 g/mol. The number of amides is 1. The SMILES string of the molecule is O=C(O)N1CC=C(c2ccc3c(c2)[nH]c2nc[nH]c(=O)c23)C1. The van der Waals surface area contributed by atoms with Crippen molar-refractivity contribution in [3.8, 4) is 0 Å². The van der Waals surface area contributed by atoms with Gasteiger partial charge in [0.15, 0.2) is 0 Å². The second-order valence-electron chi connectivity index (χ2n) is 5.23. The van der Waals surface area contributed by atoms with E-state index in [-0.39, 0.29) is 5.56 Å². The summed E-state index contributed by atoms with van der Waals surface area (Å²) < 4.78 is 0. The van der Waals surface area contributed by atoms with Gasteiger partial charge in [-0.3, -0.25) is 4.79 Å². The van der Waals surface area contributed by atoms with E-state index in [1.807, 2.05) is 24.3 Å². The Labute approximate surface area is 123 Å². The molecule has 3 heterocycles. The molecule has 3 N–H and O–H groups in total. The summed E-state index contributed by atoms with van der Waals surface area (Å²) in [6, 6.07) is 5.69. The fourth-order valence-corrected chi connectivity index (χ4v) is 2.85. The van der Waals surface area contributed by atoms with Crippen molar-refractivity contribution in [2.24, 2.45) is 0 Å². The summed E-state index contributed by atoms with van der Waals surface area (Å²) in [7, 11) is 0. The minimum absolute atomic E-state index is 0.180. The number of rotatable bonds is 1. The summed E-state index contributed by atoms with van der Waals surface area (Å²) in [4.78, 5) is 34.1. The maximum absolute atomic E-state index is 11.9. The number of hydrogen-bond acceptors (Lipinski definition) is 3. The fourth-order valence-electron chi connectivity index (χ4n) is 2.85. The lowest BCUT2D eigenvalue weighted by Crippen LogP contribution is -2.26. The third-order valence-corrected chi connectivity index (χ3v) is 3.96. The van der Waals surface area contributed by atoms with Gasteiger partial charge in [0, 0.05) is 24.0 Å². The van der Waals surface area contributed by atoms with Gasteiger partial charge in [0.05, 0.1) is 11.7 Å². The van der Waals surface area contributed by atoms with E-state index in [2.05, 4.69) is 15.0 Å². The molecule has 1 aliphatic heterocycles. The number of aromatic amines is 2. The van der Waals surface area contributed by atoms with Crippen LogP contribution in [0.25, 0.3) is 27.5 Å². The zero-order chi connectivity index (χ0) is 15.3. The van der Waals surface area contributed by atoms with Gasteiger partial charge in [0.1, 0.15) is 5.65 Å². The Morgan fingerprint density at radius 2 is 2.23 bits per heavy atom. The smallest absolute Gasteiger partial charge is 0.407 e. The van der Waals surface area contributed by atoms with Crippen LogP contribution in [0.1, 0.15) is 5.56 Å². The van der Waals surface area contributed by atoms with Crippen LogP contribution in [-0.2, 0) is 0 Å². The maximum Gasteiger partial charge on any atom is 0.407 e. The summed E-state index contributed by atoms with van der Waals surface area (Å²) in [5.41, 5.74) is 3.08. The molecule has 0 saturated carbocycles. The van der Waals surface area contributed by atoms with Crippen LogP contribution in [0.4, 0.5) is 4.79 Å². The van der Waals surface area contributed by atoms with Crippen molar-refractivity contribution in [1.29, 1.82) is 0 Å². The Bertz CT molecular complexity index is 999. The molecule has 0 spiro atoms. The van der Waals surface area contributed by atoms with Gasteiger partial charge in [-0.15, -0.1) is 0 Å². The van der Waals surface area contributed by atoms with E-state index in [1.54, 1.807) is 0 Å². The van der Waals surface area contributed by atoms with E-state index in [0.717, 1.165) is 22.0 Å². The van der Waals surface area contributed by atoms with Crippen molar-refractivity contribution in [3.63, 3.8) is 0 Å². The maximum atomic E-state index is 11.9. The Morgan fingerprint density at radius 3 is 3.00 bits per heavy atom. The number of carboxylic acid groups (broad SMARTS) is 1. The van der Waals surface area contributed by atoms with Gasteiger partial charge in [0.25, 0.3) is 5.56 Å². The minimum atomic E-state index is -0.923. The molecule has 0 atom stereocenters. The van der Waals surface area contributed by atoms with Gasteiger partial charge in [0.2, 0.25) is 0 Å². The Balaban J connectivity index is 1.82. The van der Waals surface area contributed by atoms with Crippen LogP contribution in [0.3, 0.4) is 0 Å². The summed E-state index contributed by atoms with van der Waals surface area (Å²) in [5.74, 6) is 0. The second kappa shape index (κ2) is 4.45. The first-order chi connectivity index (χ1) is 10.6. The third kappa shape index (κ3) is 1.79. The van der Waals surface area contributed by atoms with Crippen molar-refractivity contribution in [3.05, 3.63) is 46.5 Å². The molecule has 0 bridgehead atoms. The van der Waals surface area contributed by atoms with Gasteiger partial charge in [-0.05, 0) is 17.2 Å². The standard InChI is InChI=1S/C15H12N4O3/c20-14-12-10-2-1-8(9-3-4-19(6-9)15(21)22)5-11(10)18-13(12)16-7-17-14/h1-3,5,7H,4,6H2,(H,21,22)(H2,16,17,18,20). The highest BCUT2D eigenvalue weighted by molar-refractivity contribution is 6.06. The van der Waals surface area contributed by atoms with Crippen LogP contribution >= 0.6 is 0 Å². The van der Waals surface area contributed by atoms with Crippen molar-refractivity contribution >= 4 is 33.6 Å². The molecule has 2 aromatic heterocycles. The van der Waals surface area contributed by atoms with Gasteiger partial charge in [-0.25, -0.2) is 9.78 Å². The molecule has 7 heteroatoms. The van der Waals surface area contributed by atoms with E-state index < -0.39 is 6.09 Å². The van der Waals surface area contributed by atoms with Gasteiger partial charge >= 0.3 is 6.09 Å². The van der Waals surface area contributed by atoms with E-state index in [4.69, 9.17) is 5.11 Å². The van der Waals surface area contributed by atoms with Crippen molar-refractivity contribution < 1.29 is 9.90 Å². The van der Waals surface area contributed by atoms with Gasteiger partial charge in [-0.2, -0.15) is 0 Å². The molecule has 110 valence electrons. The van der Waals surface area contributed by atoms with Gasteiger partial charge < -0.3 is 20.0 Å². The van der Waals surface area contributed by atoms with Crippen molar-refractivity contribution in [2.45, 2.75) is 0 Å². The Morgan fingerprint density at radius 1 is 1.36 bits per heavy atom. The fraction of sp³-hybridized carbons (Fsp3) is 0.133. The largest absolute Gasteiger partial charge is 0.465 e. The number of carbonyl (C=O) groups is 1. The Kier molecular flexibility index (Phi) is 2.56. The molecule has 0 aliphatic carbocycles. The number of fused-ring (bicyclic) bond motifs is 3. The summed E-state index contributed by atoms with van der Waals surface area (Å²) in [6.07, 6.45) is 2.35. The lowest BCUT2D eigenvalue weighted by molar-refractivity contribution is 0.158. The van der Waals surface area contributed by atoms with E-state index in [1.165, 1.54) is 11.2 Å². The normalized spacial score (nSPS) is 14.7. The zero-order valence-corrected chi connectivity index (χ0v) is 11.5. The molecule has 1 aliphatic rings. The monoisotopic (exact) mass is 296 g/mol. The van der Waals surface area contributed by atoms with Gasteiger partial charge in [-0.1, -0.05) is 18.2 Å². The van der Waals surface area contributed by atoms with Crippen LogP contribution in [0, 0.1) is 0 Å². The Hall–Kier alpha value is -3.09. The molecule has 1 aromatic carbocycles. The third-order valence-electron chi connectivity index (χ3n) is 3.96. The average Bonchev–Trinajstić information content (AvgIpc) is 3.11. The lowest BCUT2D eigenvalue weighted by Gasteiger charge is -2.11. The molecule has 3 aromatic rings. The first kappa shape index (κ1) is 12.6. The predicted octanol–water partition coefficient (Wildman–Crippen LogP) is 1.78. The summed E-state index contributed by atoms with van der Waals surface area (Å²) in [6.45, 7) is 0.774. The van der Waals surface area contributed by atoms with E-state index in [9.17, 15) is 9.59 Å². The first-order valence-electron chi connectivity index (χ1n) is 6.80. The second-order valence-corrected chi connectivity index (χ2v) is 5.23. The topological polar surface area (TPSA) is 102 Å². The molecule has 4 rings (SSSR count). The molecule has 0 unspecified atom stereocenters. The number of nitrogens with zero attached hydrogens (tertiary/aromatic N) is 2. The van der Waals surface area contributed by atoms with Crippen LogP contribution in [0.15, 0.2) is 35.4 Å². The van der Waals surface area contributed by atoms with Crippen LogP contribution in [0.5, 0.6) is 0 Å². The number of nitrogens with one attached hydrogen (secondary N) is 2. The number of aromatic nitrogens is 3. The molecular formula is C15H12N4O3. The molecule has 7 nitrogen and oxygen atoms in total. The molecule has 22 heavy (non-hydrogen) atoms. The van der Waals surface area contributed by atoms with Crippen molar-refractivity contribution in [1.82, 2.24) is 19.9 Å². The van der Waals surface area contributed by atoms with Crippen LogP contribution in [-0.4, -0.2) is 44.1 Å². The zero-order valence-electron chi connectivity index (χ0n) is 11.5. The molecule has 0 fully saturated rings. The number of hydrogen-bond donors (Lipinski definition) is 3. The summed E-state index contributed by atoms with van der Waals surface area (Å²) in [5, 5.41) is 10.4. The molecule has 0 saturated heterocycles. The van der Waals surface area contributed by atoms with Crippen LogP contribution < -0.4 is 5.56 Å². The average molecular weight is 296 g/mol. The highest BCUT2D eigenvalue weighted by atomic mass is 16.4.